The van der Waals surface area contributed by atoms with Gasteiger partial charge < -0.3 is 5.32 Å². The molecule has 0 bridgehead atoms. The van der Waals surface area contributed by atoms with Crippen LogP contribution < -0.4 is 5.32 Å². The van der Waals surface area contributed by atoms with E-state index in [0.29, 0.717) is 41.0 Å². The Labute approximate surface area is 238 Å². The monoisotopic (exact) mass is 586 g/mol. The molecule has 42 heavy (non-hydrogen) atoms. The maximum atomic E-state index is 14.3. The number of benzene rings is 2. The van der Waals surface area contributed by atoms with Gasteiger partial charge in [-0.2, -0.15) is 18.3 Å². The van der Waals surface area contributed by atoms with Crippen LogP contribution in [0.25, 0.3) is 11.1 Å². The zero-order valence-corrected chi connectivity index (χ0v) is 22.7. The topological polar surface area (TPSA) is 59.8 Å². The number of pyridine rings is 1. The van der Waals surface area contributed by atoms with Gasteiger partial charge in [0, 0.05) is 42.3 Å². The van der Waals surface area contributed by atoms with E-state index in [0.717, 1.165) is 10.7 Å². The number of fused-ring (bicyclic) bond motifs is 1. The maximum Gasteiger partial charge on any atom is 0.435 e. The molecule has 0 saturated carbocycles. The molecule has 5 rings (SSSR count). The van der Waals surface area contributed by atoms with E-state index in [1.165, 1.54) is 24.4 Å². The molecule has 11 heteroatoms. The van der Waals surface area contributed by atoms with Gasteiger partial charge in [-0.1, -0.05) is 19.1 Å². The Morgan fingerprint density at radius 2 is 1.83 bits per heavy atom. The van der Waals surface area contributed by atoms with Gasteiger partial charge in [-0.25, -0.2) is 13.2 Å². The molecule has 2 aromatic carbocycles. The molecule has 0 amide bonds. The summed E-state index contributed by atoms with van der Waals surface area (Å²) in [7, 11) is 0. The summed E-state index contributed by atoms with van der Waals surface area (Å²) in [6, 6.07) is 11.2. The van der Waals surface area contributed by atoms with Crippen molar-refractivity contribution in [2.75, 3.05) is 6.54 Å². The van der Waals surface area contributed by atoms with Crippen LogP contribution in [0.5, 0.6) is 0 Å². The van der Waals surface area contributed by atoms with Gasteiger partial charge in [0.15, 0.2) is 11.5 Å². The fourth-order valence-corrected chi connectivity index (χ4v) is 5.56. The van der Waals surface area contributed by atoms with E-state index in [9.17, 15) is 31.1 Å². The zero-order chi connectivity index (χ0) is 30.0. The molecule has 0 unspecified atom stereocenters. The number of ketones is 1. The minimum atomic E-state index is -4.66. The number of hydrogen-bond donors (Lipinski definition) is 1. The van der Waals surface area contributed by atoms with E-state index < -0.39 is 41.8 Å². The van der Waals surface area contributed by atoms with Gasteiger partial charge in [0.1, 0.15) is 17.5 Å². The number of alkyl halides is 3. The summed E-state index contributed by atoms with van der Waals surface area (Å²) >= 11 is 0. The largest absolute Gasteiger partial charge is 0.435 e. The van der Waals surface area contributed by atoms with Crippen LogP contribution in [0, 0.1) is 17.5 Å². The summed E-state index contributed by atoms with van der Waals surface area (Å²) in [6.45, 7) is 1.92. The van der Waals surface area contributed by atoms with E-state index in [2.05, 4.69) is 15.4 Å². The van der Waals surface area contributed by atoms with Crippen molar-refractivity contribution in [3.63, 3.8) is 0 Å². The molecule has 1 aliphatic heterocycles. The number of aryl methyl sites for hydroxylation is 1. The Morgan fingerprint density at radius 3 is 2.55 bits per heavy atom. The van der Waals surface area contributed by atoms with Gasteiger partial charge >= 0.3 is 6.18 Å². The Hall–Kier alpha value is -3.99. The van der Waals surface area contributed by atoms with Crippen molar-refractivity contribution in [1.29, 1.82) is 0 Å². The SMILES string of the molecule is CCc1cc(-c2cccnc2[C@@H](CC(=O)Cn2nc(C(F)(F)F)c3c2CNCC3)Cc2cc(F)cc(F)c2)ccc1F. The first-order valence-electron chi connectivity index (χ1n) is 13.6. The number of hydrogen-bond acceptors (Lipinski definition) is 4. The lowest BCUT2D eigenvalue weighted by atomic mass is 9.86. The van der Waals surface area contributed by atoms with Crippen molar-refractivity contribution >= 4 is 5.78 Å². The molecule has 2 aromatic heterocycles. The van der Waals surface area contributed by atoms with Crippen molar-refractivity contribution in [3.05, 3.63) is 106 Å². The summed E-state index contributed by atoms with van der Waals surface area (Å²) in [5.41, 5.74) is 1.88. The lowest BCUT2D eigenvalue weighted by Crippen LogP contribution is -2.27. The molecule has 0 fully saturated rings. The highest BCUT2D eigenvalue weighted by atomic mass is 19.4. The molecule has 1 atom stereocenters. The summed E-state index contributed by atoms with van der Waals surface area (Å²) in [5.74, 6) is -3.04. The minimum Gasteiger partial charge on any atom is -0.311 e. The average Bonchev–Trinajstić information content (AvgIpc) is 3.31. The first-order chi connectivity index (χ1) is 20.0. The third-order valence-corrected chi connectivity index (χ3v) is 7.45. The minimum absolute atomic E-state index is 0.0266. The van der Waals surface area contributed by atoms with Gasteiger partial charge in [0.2, 0.25) is 0 Å². The molecule has 0 aliphatic carbocycles. The fourth-order valence-electron chi connectivity index (χ4n) is 5.56. The van der Waals surface area contributed by atoms with Crippen LogP contribution in [-0.4, -0.2) is 27.1 Å². The maximum absolute atomic E-state index is 14.3. The molecule has 0 spiro atoms. The van der Waals surface area contributed by atoms with Crippen molar-refractivity contribution < 1.29 is 31.1 Å². The summed E-state index contributed by atoms with van der Waals surface area (Å²) < 4.78 is 84.6. The number of carbonyl (C=O) groups is 1. The number of nitrogens with one attached hydrogen (secondary N) is 1. The van der Waals surface area contributed by atoms with Crippen molar-refractivity contribution in [2.45, 2.75) is 57.8 Å². The van der Waals surface area contributed by atoms with Crippen LogP contribution in [0.4, 0.5) is 26.3 Å². The standard InChI is InChI=1S/C31H28F6N4O/c1-2-19-13-20(5-6-27(19)34)25-4-3-8-39-29(25)21(10-18-11-22(32)15-23(33)12-18)14-24(42)17-41-28-16-38-9-7-26(28)30(40-41)31(35,36)37/h3-6,8,11-13,15,21,38H,2,7,9-10,14,16-17H2,1H3/t21-/m1/s1. The molecular formula is C31H28F6N4O. The molecule has 4 aromatic rings. The van der Waals surface area contributed by atoms with Gasteiger partial charge in [0.05, 0.1) is 17.9 Å². The number of Topliss-reactive ketones (excluding diaryl/α,β-unsaturated/α-hetero) is 1. The molecule has 0 radical (unpaired) electrons. The lowest BCUT2D eigenvalue weighted by molar-refractivity contribution is -0.142. The smallest absolute Gasteiger partial charge is 0.311 e. The molecule has 0 saturated heterocycles. The van der Waals surface area contributed by atoms with Crippen molar-refractivity contribution in [1.82, 2.24) is 20.1 Å². The summed E-state index contributed by atoms with van der Waals surface area (Å²) in [5, 5.41) is 6.78. The van der Waals surface area contributed by atoms with Crippen molar-refractivity contribution in [3.8, 4) is 11.1 Å². The van der Waals surface area contributed by atoms with Crippen LogP contribution in [0.1, 0.15) is 53.0 Å². The lowest BCUT2D eigenvalue weighted by Gasteiger charge is -2.21. The van der Waals surface area contributed by atoms with Crippen LogP contribution in [-0.2, 0) is 43.3 Å². The Balaban J connectivity index is 1.51. The molecular weight excluding hydrogens is 558 g/mol. The number of rotatable bonds is 9. The Bertz CT molecular complexity index is 1590. The molecule has 5 nitrogen and oxygen atoms in total. The quantitative estimate of drug-likeness (QED) is 0.225. The van der Waals surface area contributed by atoms with E-state index in [-0.39, 0.29) is 42.8 Å². The number of carbonyl (C=O) groups excluding carboxylic acids is 1. The average molecular weight is 587 g/mol. The first-order valence-corrected chi connectivity index (χ1v) is 13.6. The molecule has 3 heterocycles. The third kappa shape index (κ3) is 6.41. The van der Waals surface area contributed by atoms with Crippen LogP contribution >= 0.6 is 0 Å². The number of aromatic nitrogens is 3. The van der Waals surface area contributed by atoms with Crippen LogP contribution in [0.3, 0.4) is 0 Å². The van der Waals surface area contributed by atoms with Gasteiger partial charge in [0.25, 0.3) is 0 Å². The second kappa shape index (κ2) is 12.1. The van der Waals surface area contributed by atoms with E-state index in [1.54, 1.807) is 24.3 Å². The van der Waals surface area contributed by atoms with Gasteiger partial charge in [-0.3, -0.25) is 14.5 Å². The predicted molar refractivity (Wildman–Crippen MR) is 144 cm³/mol. The van der Waals surface area contributed by atoms with Crippen molar-refractivity contribution in [2.24, 2.45) is 0 Å². The summed E-state index contributed by atoms with van der Waals surface area (Å²) in [6.07, 6.45) is -2.71. The second-order valence-corrected chi connectivity index (χ2v) is 10.4. The molecule has 220 valence electrons. The van der Waals surface area contributed by atoms with Crippen LogP contribution in [0.15, 0.2) is 54.7 Å². The van der Waals surface area contributed by atoms with E-state index in [4.69, 9.17) is 0 Å². The zero-order valence-electron chi connectivity index (χ0n) is 22.7. The highest BCUT2D eigenvalue weighted by molar-refractivity contribution is 5.80. The van der Waals surface area contributed by atoms with E-state index in [1.807, 2.05) is 6.92 Å². The molecule has 1 aliphatic rings. The predicted octanol–water partition coefficient (Wildman–Crippen LogP) is 6.58. The fraction of sp³-hybridized carbons (Fsp3) is 0.323. The second-order valence-electron chi connectivity index (χ2n) is 10.4. The van der Waals surface area contributed by atoms with Gasteiger partial charge in [-0.15, -0.1) is 0 Å². The Morgan fingerprint density at radius 1 is 1.07 bits per heavy atom. The number of halogens is 6. The van der Waals surface area contributed by atoms with Crippen LogP contribution in [0.2, 0.25) is 0 Å². The highest BCUT2D eigenvalue weighted by Gasteiger charge is 2.39. The molecule has 1 N–H and O–H groups in total. The normalized spacial score (nSPS) is 14.1. The Kier molecular flexibility index (Phi) is 8.49. The summed E-state index contributed by atoms with van der Waals surface area (Å²) in [4.78, 5) is 18.0. The van der Waals surface area contributed by atoms with Gasteiger partial charge in [-0.05, 0) is 72.8 Å². The van der Waals surface area contributed by atoms with E-state index >= 15 is 0 Å². The third-order valence-electron chi connectivity index (χ3n) is 7.45. The number of nitrogens with zero attached hydrogens (tertiary/aromatic N) is 3. The highest BCUT2D eigenvalue weighted by Crippen LogP contribution is 2.35. The first kappa shape index (κ1) is 29.5.